The van der Waals surface area contributed by atoms with Gasteiger partial charge in [-0.05, 0) is 24.0 Å². The molecule has 0 aliphatic carbocycles. The van der Waals surface area contributed by atoms with E-state index in [9.17, 15) is 4.79 Å². The number of hydrogen-bond donors (Lipinski definition) is 1. The number of nitrogens with zero attached hydrogens (tertiary/aromatic N) is 1. The highest BCUT2D eigenvalue weighted by Gasteiger charge is 2.19. The molecule has 1 aromatic rings. The van der Waals surface area contributed by atoms with E-state index in [2.05, 4.69) is 32.2 Å². The zero-order chi connectivity index (χ0) is 13.1. The minimum atomic E-state index is -0.0656. The molecule has 0 saturated carbocycles. The fourth-order valence-corrected chi connectivity index (χ4v) is 1.60. The Morgan fingerprint density at radius 3 is 2.41 bits per heavy atom. The molecule has 3 nitrogen and oxygen atoms in total. The summed E-state index contributed by atoms with van der Waals surface area (Å²) in [7, 11) is 1.79. The van der Waals surface area contributed by atoms with Crippen LogP contribution < -0.4 is 5.32 Å². The summed E-state index contributed by atoms with van der Waals surface area (Å²) in [4.78, 5) is 13.5. The third kappa shape index (κ3) is 3.48. The molecule has 3 heteroatoms. The Hall–Kier alpha value is -1.51. The Kier molecular flexibility index (Phi) is 4.16. The van der Waals surface area contributed by atoms with Crippen molar-refractivity contribution in [3.8, 4) is 0 Å². The van der Waals surface area contributed by atoms with Crippen LogP contribution in [0.1, 0.15) is 33.3 Å². The van der Waals surface area contributed by atoms with Crippen LogP contribution in [0.2, 0.25) is 0 Å². The summed E-state index contributed by atoms with van der Waals surface area (Å²) in [5.74, 6) is 0. The topological polar surface area (TPSA) is 32.3 Å². The van der Waals surface area contributed by atoms with Crippen LogP contribution in [0.15, 0.2) is 24.3 Å². The van der Waals surface area contributed by atoms with Gasteiger partial charge in [0, 0.05) is 19.3 Å². The summed E-state index contributed by atoms with van der Waals surface area (Å²) in [5.41, 5.74) is 2.07. The number of hydrogen-bond acceptors (Lipinski definition) is 1. The first-order valence-corrected chi connectivity index (χ1v) is 5.98. The Morgan fingerprint density at radius 2 is 1.88 bits per heavy atom. The van der Waals surface area contributed by atoms with Crippen molar-refractivity contribution in [3.63, 3.8) is 0 Å². The van der Waals surface area contributed by atoms with Crippen LogP contribution in [0.5, 0.6) is 0 Å². The van der Waals surface area contributed by atoms with Crippen molar-refractivity contribution < 1.29 is 4.79 Å². The van der Waals surface area contributed by atoms with Crippen molar-refractivity contribution >= 4 is 11.7 Å². The molecule has 0 heterocycles. The Balaban J connectivity index is 2.96. The molecule has 1 rings (SSSR count). The third-order valence-corrected chi connectivity index (χ3v) is 2.80. The maximum Gasteiger partial charge on any atom is 0.321 e. The van der Waals surface area contributed by atoms with Crippen LogP contribution in [-0.2, 0) is 5.41 Å². The van der Waals surface area contributed by atoms with Crippen LogP contribution >= 0.6 is 0 Å². The zero-order valence-electron chi connectivity index (χ0n) is 11.4. The molecule has 0 atom stereocenters. The van der Waals surface area contributed by atoms with E-state index >= 15 is 0 Å². The molecule has 94 valence electrons. The summed E-state index contributed by atoms with van der Waals surface area (Å²) < 4.78 is 0. The van der Waals surface area contributed by atoms with Gasteiger partial charge in [-0.3, -0.25) is 0 Å². The van der Waals surface area contributed by atoms with Crippen LogP contribution in [0.25, 0.3) is 0 Å². The fraction of sp³-hybridized carbons (Fsp3) is 0.500. The monoisotopic (exact) mass is 234 g/mol. The second-order valence-electron chi connectivity index (χ2n) is 5.24. The van der Waals surface area contributed by atoms with Gasteiger partial charge in [0.1, 0.15) is 0 Å². The number of para-hydroxylation sites is 1. The average molecular weight is 234 g/mol. The zero-order valence-corrected chi connectivity index (χ0v) is 11.4. The van der Waals surface area contributed by atoms with Crippen molar-refractivity contribution in [2.24, 2.45) is 0 Å². The Bertz CT molecular complexity index is 393. The highest BCUT2D eigenvalue weighted by molar-refractivity contribution is 5.90. The molecular formula is C14H22N2O. The summed E-state index contributed by atoms with van der Waals surface area (Å²) in [6, 6.07) is 7.88. The lowest BCUT2D eigenvalue weighted by Crippen LogP contribution is -2.31. The van der Waals surface area contributed by atoms with Crippen LogP contribution in [-0.4, -0.2) is 24.5 Å². The van der Waals surface area contributed by atoms with Gasteiger partial charge in [0.15, 0.2) is 0 Å². The van der Waals surface area contributed by atoms with Crippen molar-refractivity contribution in [2.45, 2.75) is 33.1 Å². The van der Waals surface area contributed by atoms with Gasteiger partial charge in [0.05, 0.1) is 0 Å². The SMILES string of the molecule is CCN(C)C(=O)Nc1ccccc1C(C)(C)C. The number of carbonyl (C=O) groups is 1. The maximum atomic E-state index is 11.8. The van der Waals surface area contributed by atoms with E-state index in [1.807, 2.05) is 25.1 Å². The van der Waals surface area contributed by atoms with Gasteiger partial charge in [0.2, 0.25) is 0 Å². The average Bonchev–Trinajstić information content (AvgIpc) is 2.27. The minimum Gasteiger partial charge on any atom is -0.328 e. The predicted octanol–water partition coefficient (Wildman–Crippen LogP) is 3.47. The summed E-state index contributed by atoms with van der Waals surface area (Å²) in [5, 5.41) is 2.95. The van der Waals surface area contributed by atoms with Gasteiger partial charge in [-0.2, -0.15) is 0 Å². The maximum absolute atomic E-state index is 11.8. The van der Waals surface area contributed by atoms with Crippen molar-refractivity contribution in [2.75, 3.05) is 18.9 Å². The number of carbonyl (C=O) groups excluding carboxylic acids is 1. The predicted molar refractivity (Wildman–Crippen MR) is 72.5 cm³/mol. The first-order chi connectivity index (χ1) is 7.86. The standard InChI is InChI=1S/C14H22N2O/c1-6-16(5)13(17)15-12-10-8-7-9-11(12)14(2,3)4/h7-10H,6H2,1-5H3,(H,15,17). The van der Waals surface area contributed by atoms with E-state index in [1.54, 1.807) is 11.9 Å². The van der Waals surface area contributed by atoms with Crippen molar-refractivity contribution in [3.05, 3.63) is 29.8 Å². The Morgan fingerprint density at radius 1 is 1.29 bits per heavy atom. The fourth-order valence-electron chi connectivity index (χ4n) is 1.60. The number of urea groups is 1. The molecule has 0 saturated heterocycles. The molecule has 0 aliphatic heterocycles. The molecule has 0 bridgehead atoms. The van der Waals surface area contributed by atoms with E-state index in [4.69, 9.17) is 0 Å². The lowest BCUT2D eigenvalue weighted by Gasteiger charge is -2.24. The van der Waals surface area contributed by atoms with Crippen LogP contribution in [0.3, 0.4) is 0 Å². The smallest absolute Gasteiger partial charge is 0.321 e. The molecule has 0 fully saturated rings. The van der Waals surface area contributed by atoms with E-state index in [1.165, 1.54) is 0 Å². The van der Waals surface area contributed by atoms with E-state index in [0.717, 1.165) is 11.3 Å². The quantitative estimate of drug-likeness (QED) is 0.835. The number of amides is 2. The van der Waals surface area contributed by atoms with Crippen LogP contribution in [0.4, 0.5) is 10.5 Å². The minimum absolute atomic E-state index is 0.0225. The normalized spacial score (nSPS) is 11.1. The first kappa shape index (κ1) is 13.6. The van der Waals surface area contributed by atoms with Gasteiger partial charge in [-0.1, -0.05) is 39.0 Å². The highest BCUT2D eigenvalue weighted by atomic mass is 16.2. The summed E-state index contributed by atoms with van der Waals surface area (Å²) in [6.07, 6.45) is 0. The van der Waals surface area contributed by atoms with E-state index in [-0.39, 0.29) is 11.4 Å². The second kappa shape index (κ2) is 5.21. The van der Waals surface area contributed by atoms with Gasteiger partial charge >= 0.3 is 6.03 Å². The molecule has 1 N–H and O–H groups in total. The van der Waals surface area contributed by atoms with Gasteiger partial charge in [0.25, 0.3) is 0 Å². The largest absolute Gasteiger partial charge is 0.328 e. The van der Waals surface area contributed by atoms with Gasteiger partial charge in [-0.25, -0.2) is 4.79 Å². The van der Waals surface area contributed by atoms with Gasteiger partial charge in [-0.15, -0.1) is 0 Å². The van der Waals surface area contributed by atoms with Gasteiger partial charge < -0.3 is 10.2 Å². The summed E-state index contributed by atoms with van der Waals surface area (Å²) in [6.45, 7) is 9.07. The number of benzene rings is 1. The molecule has 0 aromatic heterocycles. The number of anilines is 1. The molecule has 0 spiro atoms. The summed E-state index contributed by atoms with van der Waals surface area (Å²) >= 11 is 0. The molecule has 1 aromatic carbocycles. The second-order valence-corrected chi connectivity index (χ2v) is 5.24. The molecule has 2 amide bonds. The van der Waals surface area contributed by atoms with E-state index < -0.39 is 0 Å². The molecule has 17 heavy (non-hydrogen) atoms. The molecule has 0 unspecified atom stereocenters. The lowest BCUT2D eigenvalue weighted by atomic mass is 9.86. The number of nitrogens with one attached hydrogen (secondary N) is 1. The lowest BCUT2D eigenvalue weighted by molar-refractivity contribution is 0.224. The first-order valence-electron chi connectivity index (χ1n) is 5.98. The van der Waals surface area contributed by atoms with Crippen LogP contribution in [0, 0.1) is 0 Å². The third-order valence-electron chi connectivity index (χ3n) is 2.80. The molecule has 0 aliphatic rings. The molecule has 0 radical (unpaired) electrons. The highest BCUT2D eigenvalue weighted by Crippen LogP contribution is 2.29. The number of rotatable bonds is 2. The Labute approximate surface area is 104 Å². The molecular weight excluding hydrogens is 212 g/mol. The van der Waals surface area contributed by atoms with E-state index in [0.29, 0.717) is 6.54 Å². The van der Waals surface area contributed by atoms with Crippen molar-refractivity contribution in [1.82, 2.24) is 4.90 Å². The van der Waals surface area contributed by atoms with Crippen molar-refractivity contribution in [1.29, 1.82) is 0 Å².